The molecule has 7 nitrogen and oxygen atoms in total. The average molecular weight is 420 g/mol. The lowest BCUT2D eigenvalue weighted by Crippen LogP contribution is -2.30. The van der Waals surface area contributed by atoms with Crippen molar-refractivity contribution in [3.8, 4) is 5.75 Å². The van der Waals surface area contributed by atoms with Crippen LogP contribution in [0.5, 0.6) is 5.75 Å². The molecule has 2 heterocycles. The molecule has 4 rings (SSSR count). The number of benzene rings is 2. The number of thioether (sulfide) groups is 1. The van der Waals surface area contributed by atoms with Crippen molar-refractivity contribution in [3.05, 3.63) is 94.5 Å². The Hall–Kier alpha value is -3.52. The highest BCUT2D eigenvalue weighted by molar-refractivity contribution is 7.98. The quantitative estimate of drug-likeness (QED) is 0.455. The highest BCUT2D eigenvalue weighted by Crippen LogP contribution is 2.22. The molecule has 0 saturated carbocycles. The zero-order valence-electron chi connectivity index (χ0n) is 16.6. The summed E-state index contributed by atoms with van der Waals surface area (Å²) in [6.45, 7) is 1.99. The van der Waals surface area contributed by atoms with E-state index in [9.17, 15) is 4.79 Å². The first kappa shape index (κ1) is 19.8. The van der Waals surface area contributed by atoms with Crippen molar-refractivity contribution in [2.45, 2.75) is 17.8 Å². The second kappa shape index (κ2) is 8.87. The number of anilines is 2. The van der Waals surface area contributed by atoms with Gasteiger partial charge in [0.15, 0.2) is 0 Å². The molecule has 0 unspecified atom stereocenters. The topological polar surface area (TPSA) is 74.0 Å². The molecule has 0 aliphatic heterocycles. The third kappa shape index (κ3) is 4.38. The number of rotatable bonds is 7. The van der Waals surface area contributed by atoms with Crippen molar-refractivity contribution in [1.29, 1.82) is 0 Å². The van der Waals surface area contributed by atoms with Crippen molar-refractivity contribution < 1.29 is 4.74 Å². The summed E-state index contributed by atoms with van der Waals surface area (Å²) in [6, 6.07) is 19.3. The number of hydrogen-bond donors (Lipinski definition) is 1. The Labute approximate surface area is 178 Å². The molecule has 4 aromatic rings. The molecule has 152 valence electrons. The molecule has 2 aromatic carbocycles. The lowest BCUT2D eigenvalue weighted by molar-refractivity contribution is 0.414. The van der Waals surface area contributed by atoms with Crippen LogP contribution in [0, 0.1) is 6.92 Å². The lowest BCUT2D eigenvalue weighted by atomic mass is 10.2. The minimum atomic E-state index is -0.278. The number of nitrogens with one attached hydrogen (secondary N) is 1. The van der Waals surface area contributed by atoms with Crippen LogP contribution in [-0.4, -0.2) is 26.7 Å². The maximum Gasteiger partial charge on any atom is 0.316 e. The van der Waals surface area contributed by atoms with Gasteiger partial charge in [-0.2, -0.15) is 4.68 Å². The van der Waals surface area contributed by atoms with Crippen molar-refractivity contribution in [3.63, 3.8) is 0 Å². The van der Waals surface area contributed by atoms with E-state index in [1.165, 1.54) is 16.4 Å². The maximum atomic E-state index is 13.2. The van der Waals surface area contributed by atoms with Gasteiger partial charge in [-0.3, -0.25) is 9.47 Å². The van der Waals surface area contributed by atoms with Crippen LogP contribution in [0.15, 0.2) is 83.0 Å². The summed E-state index contributed by atoms with van der Waals surface area (Å²) in [6.07, 6.45) is 3.61. The molecule has 0 spiro atoms. The fraction of sp³-hybridized carbons (Fsp3) is 0.136. The van der Waals surface area contributed by atoms with Crippen LogP contribution in [0.1, 0.15) is 11.1 Å². The van der Waals surface area contributed by atoms with Gasteiger partial charge in [0.05, 0.1) is 7.11 Å². The van der Waals surface area contributed by atoms with Gasteiger partial charge in [-0.05, 0) is 54.4 Å². The number of nitrogens with zero attached hydrogens (tertiary/aromatic N) is 4. The fourth-order valence-electron chi connectivity index (χ4n) is 2.93. The molecule has 0 bridgehead atoms. The minimum Gasteiger partial charge on any atom is -0.497 e. The first-order valence-electron chi connectivity index (χ1n) is 9.37. The summed E-state index contributed by atoms with van der Waals surface area (Å²) >= 11 is 1.44. The Morgan fingerprint density at radius 1 is 1.03 bits per heavy atom. The summed E-state index contributed by atoms with van der Waals surface area (Å²) in [4.78, 5) is 13.2. The summed E-state index contributed by atoms with van der Waals surface area (Å²) in [7, 11) is 1.64. The van der Waals surface area contributed by atoms with E-state index < -0.39 is 0 Å². The Balaban J connectivity index is 1.64. The number of aryl methyl sites for hydroxylation is 1. The summed E-state index contributed by atoms with van der Waals surface area (Å²) in [5.74, 6) is 1.62. The molecule has 0 radical (unpaired) electrons. The van der Waals surface area contributed by atoms with Gasteiger partial charge in [0, 0.05) is 23.8 Å². The lowest BCUT2D eigenvalue weighted by Gasteiger charge is -2.14. The first-order valence-corrected chi connectivity index (χ1v) is 10.4. The smallest absolute Gasteiger partial charge is 0.316 e. The van der Waals surface area contributed by atoms with Gasteiger partial charge < -0.3 is 10.1 Å². The van der Waals surface area contributed by atoms with Crippen molar-refractivity contribution in [2.24, 2.45) is 0 Å². The minimum absolute atomic E-state index is 0.170. The maximum absolute atomic E-state index is 13.2. The predicted molar refractivity (Wildman–Crippen MR) is 119 cm³/mol. The number of ether oxygens (including phenoxy) is 1. The van der Waals surface area contributed by atoms with Crippen LogP contribution in [-0.2, 0) is 5.75 Å². The highest BCUT2D eigenvalue weighted by atomic mass is 32.2. The Morgan fingerprint density at radius 2 is 1.80 bits per heavy atom. The molecule has 0 aliphatic carbocycles. The molecule has 2 aromatic heterocycles. The van der Waals surface area contributed by atoms with Gasteiger partial charge in [-0.15, -0.1) is 10.2 Å². The van der Waals surface area contributed by atoms with Gasteiger partial charge in [-0.1, -0.05) is 36.0 Å². The molecule has 0 fully saturated rings. The van der Waals surface area contributed by atoms with Crippen molar-refractivity contribution in [1.82, 2.24) is 19.5 Å². The fourth-order valence-corrected chi connectivity index (χ4v) is 3.81. The molecular weight excluding hydrogens is 398 g/mol. The zero-order chi connectivity index (χ0) is 20.9. The summed E-state index contributed by atoms with van der Waals surface area (Å²) in [5, 5.41) is 12.1. The van der Waals surface area contributed by atoms with Gasteiger partial charge in [0.2, 0.25) is 11.0 Å². The van der Waals surface area contributed by atoms with Crippen LogP contribution in [0.2, 0.25) is 0 Å². The summed E-state index contributed by atoms with van der Waals surface area (Å²) < 4.78 is 8.42. The summed E-state index contributed by atoms with van der Waals surface area (Å²) in [5.41, 5.74) is 2.69. The third-order valence-electron chi connectivity index (χ3n) is 4.44. The van der Waals surface area contributed by atoms with Crippen LogP contribution in [0.25, 0.3) is 0 Å². The number of methoxy groups -OCH3 is 1. The van der Waals surface area contributed by atoms with E-state index in [1.54, 1.807) is 24.2 Å². The molecule has 0 atom stereocenters. The Kier molecular flexibility index (Phi) is 5.85. The zero-order valence-corrected chi connectivity index (χ0v) is 17.5. The Bertz CT molecular complexity index is 1190. The van der Waals surface area contributed by atoms with E-state index in [2.05, 4.69) is 15.5 Å². The second-order valence-corrected chi connectivity index (χ2v) is 7.58. The van der Waals surface area contributed by atoms with Gasteiger partial charge >= 0.3 is 5.56 Å². The predicted octanol–water partition coefficient (Wildman–Crippen LogP) is 4.10. The van der Waals surface area contributed by atoms with E-state index in [0.717, 1.165) is 22.6 Å². The second-order valence-electron chi connectivity index (χ2n) is 6.64. The van der Waals surface area contributed by atoms with Crippen LogP contribution >= 0.6 is 11.8 Å². The van der Waals surface area contributed by atoms with Gasteiger partial charge in [0.1, 0.15) is 5.75 Å². The van der Waals surface area contributed by atoms with Crippen molar-refractivity contribution >= 4 is 23.3 Å². The SMILES string of the molecule is COc1ccc(CSc2nnc(Nc3cccc(C)c3)c(=O)n2-n2cccc2)cc1. The molecule has 30 heavy (non-hydrogen) atoms. The van der Waals surface area contributed by atoms with E-state index in [4.69, 9.17) is 4.74 Å². The molecule has 1 N–H and O–H groups in total. The van der Waals surface area contributed by atoms with E-state index in [0.29, 0.717) is 10.9 Å². The molecule has 0 amide bonds. The normalized spacial score (nSPS) is 10.7. The van der Waals surface area contributed by atoms with Crippen LogP contribution < -0.4 is 15.6 Å². The molecule has 8 heteroatoms. The average Bonchev–Trinajstić information content (AvgIpc) is 3.29. The highest BCUT2D eigenvalue weighted by Gasteiger charge is 2.14. The molecule has 0 aliphatic rings. The van der Waals surface area contributed by atoms with Gasteiger partial charge in [-0.25, -0.2) is 0 Å². The number of aromatic nitrogens is 4. The largest absolute Gasteiger partial charge is 0.497 e. The third-order valence-corrected chi connectivity index (χ3v) is 5.43. The van der Waals surface area contributed by atoms with E-state index in [-0.39, 0.29) is 11.4 Å². The standard InChI is InChI=1S/C22H21N5O2S/c1-16-6-5-7-18(14-16)23-20-21(28)27(26-12-3-4-13-26)22(25-24-20)30-15-17-8-10-19(29-2)11-9-17/h3-14H,15H2,1-2H3,(H,23,24). The molecular formula is C22H21N5O2S. The van der Waals surface area contributed by atoms with Crippen molar-refractivity contribution in [2.75, 3.05) is 12.4 Å². The van der Waals surface area contributed by atoms with E-state index >= 15 is 0 Å². The molecule has 0 saturated heterocycles. The number of hydrogen-bond acceptors (Lipinski definition) is 6. The van der Waals surface area contributed by atoms with Gasteiger partial charge in [0.25, 0.3) is 0 Å². The first-order chi connectivity index (χ1) is 14.6. The van der Waals surface area contributed by atoms with E-state index in [1.807, 2.05) is 67.6 Å². The Morgan fingerprint density at radius 3 is 2.50 bits per heavy atom. The monoisotopic (exact) mass is 419 g/mol. The van der Waals surface area contributed by atoms with Crippen LogP contribution in [0.3, 0.4) is 0 Å². The van der Waals surface area contributed by atoms with Crippen LogP contribution in [0.4, 0.5) is 11.5 Å².